The van der Waals surface area contributed by atoms with Crippen molar-refractivity contribution >= 4 is 34.3 Å². The number of pyridine rings is 1. The molecule has 25 heavy (non-hydrogen) atoms. The number of nitrogens with one attached hydrogen (secondary N) is 1. The Hall–Kier alpha value is -2.81. The Labute approximate surface area is 148 Å². The molecule has 9 heteroatoms. The molecule has 0 saturated carbocycles. The van der Waals surface area contributed by atoms with Gasteiger partial charge in [0.2, 0.25) is 0 Å². The van der Waals surface area contributed by atoms with Crippen molar-refractivity contribution in [3.8, 4) is 0 Å². The minimum atomic E-state index is -1.01. The zero-order chi connectivity index (χ0) is 18.2. The number of thiazole rings is 1. The van der Waals surface area contributed by atoms with Crippen LogP contribution in [0.1, 0.15) is 29.9 Å². The van der Waals surface area contributed by atoms with Gasteiger partial charge in [0.25, 0.3) is 5.91 Å². The molecule has 1 atom stereocenters. The van der Waals surface area contributed by atoms with Crippen LogP contribution in [0.25, 0.3) is 0 Å². The van der Waals surface area contributed by atoms with E-state index in [1.807, 2.05) is 0 Å². The third-order valence-corrected chi connectivity index (χ3v) is 3.77. The van der Waals surface area contributed by atoms with Crippen molar-refractivity contribution in [2.24, 2.45) is 0 Å². The number of rotatable bonds is 7. The van der Waals surface area contributed by atoms with Gasteiger partial charge in [0.05, 0.1) is 24.3 Å². The Bertz CT molecular complexity index is 747. The fourth-order valence-corrected chi connectivity index (χ4v) is 2.49. The molecule has 2 heterocycles. The van der Waals surface area contributed by atoms with Gasteiger partial charge in [-0.25, -0.2) is 9.78 Å². The molecule has 0 aliphatic carbocycles. The number of aromatic nitrogens is 2. The van der Waals surface area contributed by atoms with Crippen molar-refractivity contribution in [3.05, 3.63) is 41.2 Å². The van der Waals surface area contributed by atoms with Gasteiger partial charge >= 0.3 is 11.9 Å². The molecule has 0 radical (unpaired) electrons. The van der Waals surface area contributed by atoms with E-state index in [0.29, 0.717) is 17.4 Å². The quantitative estimate of drug-likeness (QED) is 0.748. The molecule has 0 fully saturated rings. The van der Waals surface area contributed by atoms with E-state index >= 15 is 0 Å². The van der Waals surface area contributed by atoms with Crippen molar-refractivity contribution in [3.63, 3.8) is 0 Å². The lowest BCUT2D eigenvalue weighted by Crippen LogP contribution is -2.30. The van der Waals surface area contributed by atoms with Crippen LogP contribution in [0.2, 0.25) is 0 Å². The number of carbonyl (C=O) groups excluding carboxylic acids is 3. The molecule has 0 aliphatic rings. The first-order valence-corrected chi connectivity index (χ1v) is 8.39. The number of hydrogen-bond donors (Lipinski definition) is 1. The van der Waals surface area contributed by atoms with E-state index in [2.05, 4.69) is 15.3 Å². The summed E-state index contributed by atoms with van der Waals surface area (Å²) in [6.45, 7) is 3.47. The Balaban J connectivity index is 1.88. The molecule has 132 valence electrons. The first kappa shape index (κ1) is 18.5. The van der Waals surface area contributed by atoms with Gasteiger partial charge in [-0.15, -0.1) is 11.3 Å². The van der Waals surface area contributed by atoms with Crippen LogP contribution < -0.4 is 5.32 Å². The van der Waals surface area contributed by atoms with E-state index in [0.717, 1.165) is 0 Å². The van der Waals surface area contributed by atoms with Crippen LogP contribution in [0.15, 0.2) is 29.9 Å². The Morgan fingerprint density at radius 3 is 2.84 bits per heavy atom. The summed E-state index contributed by atoms with van der Waals surface area (Å²) in [4.78, 5) is 43.3. The maximum Gasteiger partial charge on any atom is 0.340 e. The van der Waals surface area contributed by atoms with E-state index in [9.17, 15) is 14.4 Å². The van der Waals surface area contributed by atoms with Crippen LogP contribution in [0, 0.1) is 0 Å². The number of amides is 1. The van der Waals surface area contributed by atoms with Crippen LogP contribution in [-0.4, -0.2) is 40.5 Å². The molecule has 0 saturated heterocycles. The van der Waals surface area contributed by atoms with Crippen LogP contribution in [0.3, 0.4) is 0 Å². The topological polar surface area (TPSA) is 107 Å². The molecule has 0 spiro atoms. The molecule has 1 N–H and O–H groups in total. The summed E-state index contributed by atoms with van der Waals surface area (Å²) < 4.78 is 9.92. The molecule has 1 amide bonds. The number of anilines is 1. The smallest absolute Gasteiger partial charge is 0.340 e. The molecule has 0 bridgehead atoms. The Morgan fingerprint density at radius 1 is 1.36 bits per heavy atom. The van der Waals surface area contributed by atoms with Crippen LogP contribution >= 0.6 is 11.3 Å². The molecule has 0 aliphatic heterocycles. The highest BCUT2D eigenvalue weighted by Gasteiger charge is 2.20. The van der Waals surface area contributed by atoms with Crippen LogP contribution in [-0.2, 0) is 25.5 Å². The van der Waals surface area contributed by atoms with E-state index < -0.39 is 18.0 Å². The molecule has 0 aromatic carbocycles. The highest BCUT2D eigenvalue weighted by atomic mass is 32.1. The zero-order valence-corrected chi connectivity index (χ0v) is 14.5. The maximum atomic E-state index is 12.1. The van der Waals surface area contributed by atoms with Gasteiger partial charge in [0.1, 0.15) is 0 Å². The SMILES string of the molecule is CCOC(=O)Cc1csc(NC(=O)C(C)OC(=O)c2cccnc2)n1. The maximum absolute atomic E-state index is 12.1. The average Bonchev–Trinajstić information content (AvgIpc) is 3.02. The summed E-state index contributed by atoms with van der Waals surface area (Å²) >= 11 is 1.17. The lowest BCUT2D eigenvalue weighted by molar-refractivity contribution is -0.142. The van der Waals surface area contributed by atoms with E-state index in [-0.39, 0.29) is 18.0 Å². The number of ether oxygens (including phenoxy) is 2. The lowest BCUT2D eigenvalue weighted by Gasteiger charge is -2.12. The Kier molecular flexibility index (Phi) is 6.58. The second kappa shape index (κ2) is 8.88. The van der Waals surface area contributed by atoms with Crippen molar-refractivity contribution in [1.29, 1.82) is 0 Å². The van der Waals surface area contributed by atoms with Gasteiger partial charge in [0, 0.05) is 17.8 Å². The first-order valence-electron chi connectivity index (χ1n) is 7.51. The number of nitrogens with zero attached hydrogens (tertiary/aromatic N) is 2. The van der Waals surface area contributed by atoms with Crippen molar-refractivity contribution in [2.45, 2.75) is 26.4 Å². The van der Waals surface area contributed by atoms with E-state index in [1.54, 1.807) is 24.4 Å². The highest BCUT2D eigenvalue weighted by Crippen LogP contribution is 2.17. The monoisotopic (exact) mass is 363 g/mol. The first-order chi connectivity index (χ1) is 12.0. The molecular weight excluding hydrogens is 346 g/mol. The number of hydrogen-bond acceptors (Lipinski definition) is 8. The van der Waals surface area contributed by atoms with Crippen molar-refractivity contribution < 1.29 is 23.9 Å². The summed E-state index contributed by atoms with van der Waals surface area (Å²) in [5, 5.41) is 4.51. The molecule has 8 nitrogen and oxygen atoms in total. The third-order valence-electron chi connectivity index (χ3n) is 2.96. The van der Waals surface area contributed by atoms with Crippen molar-refractivity contribution in [2.75, 3.05) is 11.9 Å². The average molecular weight is 363 g/mol. The highest BCUT2D eigenvalue weighted by molar-refractivity contribution is 7.13. The predicted octanol–water partition coefficient (Wildman–Crippen LogP) is 1.83. The van der Waals surface area contributed by atoms with Gasteiger partial charge in [-0.05, 0) is 26.0 Å². The minimum absolute atomic E-state index is 0.0335. The molecule has 2 aromatic heterocycles. The third kappa shape index (κ3) is 5.64. The minimum Gasteiger partial charge on any atom is -0.466 e. The summed E-state index contributed by atoms with van der Waals surface area (Å²) in [5.41, 5.74) is 0.756. The summed E-state index contributed by atoms with van der Waals surface area (Å²) in [6.07, 6.45) is 1.91. The van der Waals surface area contributed by atoms with Gasteiger partial charge in [-0.2, -0.15) is 0 Å². The zero-order valence-electron chi connectivity index (χ0n) is 13.7. The number of carbonyl (C=O) groups is 3. The molecule has 1 unspecified atom stereocenters. The standard InChI is InChI=1S/C16H17N3O5S/c1-3-23-13(20)7-12-9-25-16(18-12)19-14(21)10(2)24-15(22)11-5-4-6-17-8-11/h4-6,8-10H,3,7H2,1-2H3,(H,18,19,21). The molecule has 2 rings (SSSR count). The largest absolute Gasteiger partial charge is 0.466 e. The van der Waals surface area contributed by atoms with Crippen molar-refractivity contribution in [1.82, 2.24) is 9.97 Å². The van der Waals surface area contributed by atoms with Gasteiger partial charge in [0.15, 0.2) is 11.2 Å². The second-order valence-corrected chi connectivity index (χ2v) is 5.76. The normalized spacial score (nSPS) is 11.4. The molecular formula is C16H17N3O5S. The summed E-state index contributed by atoms with van der Waals surface area (Å²) in [6, 6.07) is 3.14. The number of esters is 2. The predicted molar refractivity (Wildman–Crippen MR) is 90.2 cm³/mol. The summed E-state index contributed by atoms with van der Waals surface area (Å²) in [7, 11) is 0. The Morgan fingerprint density at radius 2 is 2.16 bits per heavy atom. The van der Waals surface area contributed by atoms with Crippen LogP contribution in [0.5, 0.6) is 0 Å². The van der Waals surface area contributed by atoms with Crippen LogP contribution in [0.4, 0.5) is 5.13 Å². The van der Waals surface area contributed by atoms with E-state index in [4.69, 9.17) is 9.47 Å². The summed E-state index contributed by atoms with van der Waals surface area (Å²) in [5.74, 6) is -1.54. The van der Waals surface area contributed by atoms with E-state index in [1.165, 1.54) is 30.7 Å². The second-order valence-electron chi connectivity index (χ2n) is 4.90. The molecule has 2 aromatic rings. The fraction of sp³-hybridized carbons (Fsp3) is 0.312. The van der Waals surface area contributed by atoms with Gasteiger partial charge < -0.3 is 9.47 Å². The lowest BCUT2D eigenvalue weighted by atomic mass is 10.3. The van der Waals surface area contributed by atoms with Gasteiger partial charge in [-0.3, -0.25) is 19.9 Å². The fourth-order valence-electron chi connectivity index (χ4n) is 1.78. The van der Waals surface area contributed by atoms with Gasteiger partial charge in [-0.1, -0.05) is 0 Å².